The van der Waals surface area contributed by atoms with E-state index in [0.29, 0.717) is 37.5 Å². The molecule has 2 aliphatic rings. The third-order valence-electron chi connectivity index (χ3n) is 7.37. The first-order valence-corrected chi connectivity index (χ1v) is 14.9. The Kier molecular flexibility index (Phi) is 11.2. The van der Waals surface area contributed by atoms with Gasteiger partial charge in [-0.2, -0.15) is 19.6 Å². The van der Waals surface area contributed by atoms with Gasteiger partial charge < -0.3 is 0 Å². The maximum Gasteiger partial charge on any atom is 0.234 e. The number of hydrogen-bond donors (Lipinski definition) is 0. The maximum absolute atomic E-state index is 5.96. The second-order valence-corrected chi connectivity index (χ2v) is 16.3. The summed E-state index contributed by atoms with van der Waals surface area (Å²) in [5.74, 6) is -0.799. The molecule has 0 amide bonds. The van der Waals surface area contributed by atoms with Gasteiger partial charge in [0.2, 0.25) is 11.6 Å². The highest BCUT2D eigenvalue weighted by molar-refractivity contribution is 4.93. The molecule has 0 unspecified atom stereocenters. The van der Waals surface area contributed by atoms with Gasteiger partial charge in [0.25, 0.3) is 0 Å². The van der Waals surface area contributed by atoms with Crippen molar-refractivity contribution in [2.45, 2.75) is 182 Å². The topological polar surface area (TPSA) is 73.8 Å². The smallest absolute Gasteiger partial charge is 0.228 e. The highest BCUT2D eigenvalue weighted by Crippen LogP contribution is 2.53. The first-order valence-electron chi connectivity index (χ1n) is 14.9. The van der Waals surface area contributed by atoms with Crippen LogP contribution < -0.4 is 0 Å². The Morgan fingerprint density at radius 3 is 0.769 bits per heavy atom. The van der Waals surface area contributed by atoms with Gasteiger partial charge in [-0.3, -0.25) is 0 Å². The van der Waals surface area contributed by atoms with Gasteiger partial charge in [-0.1, -0.05) is 13.8 Å². The molecule has 8 heteroatoms. The lowest BCUT2D eigenvalue weighted by Crippen LogP contribution is -2.48. The highest BCUT2D eigenvalue weighted by atomic mass is 17.3. The SMILES string of the molecule is CC(C)(C)OOC1(OOC(C)(C)C)CCC(C(C)(C)C2CCC(OOC(C)(C)C)(OOC(C)(C)C)CC2)CC1. The van der Waals surface area contributed by atoms with Crippen molar-refractivity contribution in [1.29, 1.82) is 0 Å². The summed E-state index contributed by atoms with van der Waals surface area (Å²) in [7, 11) is 0. The minimum atomic E-state index is -0.912. The van der Waals surface area contributed by atoms with Gasteiger partial charge in [-0.15, -0.1) is 0 Å². The molecule has 0 N–H and O–H groups in total. The average molecular weight is 561 g/mol. The van der Waals surface area contributed by atoms with E-state index in [4.69, 9.17) is 39.1 Å². The second-order valence-electron chi connectivity index (χ2n) is 16.3. The van der Waals surface area contributed by atoms with Crippen LogP contribution in [0.3, 0.4) is 0 Å². The Morgan fingerprint density at radius 2 is 0.590 bits per heavy atom. The molecule has 2 aliphatic carbocycles. The Bertz CT molecular complexity index is 633. The summed E-state index contributed by atoms with van der Waals surface area (Å²) in [6.45, 7) is 28.4. The summed E-state index contributed by atoms with van der Waals surface area (Å²) in [6, 6.07) is 0. The zero-order valence-corrected chi connectivity index (χ0v) is 27.6. The van der Waals surface area contributed by atoms with Gasteiger partial charge >= 0.3 is 0 Å². The molecule has 0 spiro atoms. The molecular weight excluding hydrogens is 500 g/mol. The molecule has 8 nitrogen and oxygen atoms in total. The van der Waals surface area contributed by atoms with Crippen LogP contribution in [0, 0.1) is 17.3 Å². The fourth-order valence-electron chi connectivity index (χ4n) is 5.10. The van der Waals surface area contributed by atoms with Crippen LogP contribution in [0.15, 0.2) is 0 Å². The molecule has 0 radical (unpaired) electrons. The van der Waals surface area contributed by atoms with Crippen molar-refractivity contribution in [3.05, 3.63) is 0 Å². The Balaban J connectivity index is 2.07. The Hall–Kier alpha value is -0.320. The minimum Gasteiger partial charge on any atom is -0.228 e. The summed E-state index contributed by atoms with van der Waals surface area (Å²) in [4.78, 5) is 46.8. The molecule has 0 aromatic carbocycles. The van der Waals surface area contributed by atoms with Crippen molar-refractivity contribution in [1.82, 2.24) is 0 Å². The van der Waals surface area contributed by atoms with Gasteiger partial charge in [0.05, 0.1) is 22.4 Å². The molecule has 0 heterocycles. The van der Waals surface area contributed by atoms with Gasteiger partial charge in [0.15, 0.2) is 0 Å². The summed E-state index contributed by atoms with van der Waals surface area (Å²) < 4.78 is 0. The van der Waals surface area contributed by atoms with Crippen molar-refractivity contribution in [3.63, 3.8) is 0 Å². The van der Waals surface area contributed by atoms with Gasteiger partial charge in [-0.25, -0.2) is 19.6 Å². The summed E-state index contributed by atoms with van der Waals surface area (Å²) in [6.07, 6.45) is 6.66. The van der Waals surface area contributed by atoms with E-state index in [9.17, 15) is 0 Å². The molecular formula is C31H60O8. The minimum absolute atomic E-state index is 0.115. The van der Waals surface area contributed by atoms with Crippen LogP contribution in [0.4, 0.5) is 0 Å². The summed E-state index contributed by atoms with van der Waals surface area (Å²) >= 11 is 0. The molecule has 0 aliphatic heterocycles. The van der Waals surface area contributed by atoms with Crippen LogP contribution >= 0.6 is 0 Å². The van der Waals surface area contributed by atoms with E-state index in [-0.39, 0.29) is 5.41 Å². The molecule has 0 aromatic heterocycles. The lowest BCUT2D eigenvalue weighted by molar-refractivity contribution is -0.547. The number of rotatable bonds is 10. The van der Waals surface area contributed by atoms with E-state index in [2.05, 4.69) is 13.8 Å². The van der Waals surface area contributed by atoms with Crippen LogP contribution in [0.2, 0.25) is 0 Å². The zero-order chi connectivity index (χ0) is 30.0. The van der Waals surface area contributed by atoms with Crippen LogP contribution in [0.5, 0.6) is 0 Å². The zero-order valence-electron chi connectivity index (χ0n) is 27.6. The molecule has 0 bridgehead atoms. The predicted octanol–water partition coefficient (Wildman–Crippen LogP) is 8.77. The summed E-state index contributed by atoms with van der Waals surface area (Å²) in [5, 5.41) is 0. The molecule has 2 fully saturated rings. The van der Waals surface area contributed by atoms with Gasteiger partial charge in [-0.05, 0) is 126 Å². The van der Waals surface area contributed by atoms with E-state index >= 15 is 0 Å². The van der Waals surface area contributed by atoms with Crippen molar-refractivity contribution in [2.75, 3.05) is 0 Å². The molecule has 39 heavy (non-hydrogen) atoms. The van der Waals surface area contributed by atoms with E-state index in [1.165, 1.54) is 0 Å². The second kappa shape index (κ2) is 12.5. The van der Waals surface area contributed by atoms with E-state index in [1.54, 1.807) is 0 Å². The molecule has 0 atom stereocenters. The van der Waals surface area contributed by atoms with Crippen LogP contribution in [0.25, 0.3) is 0 Å². The van der Waals surface area contributed by atoms with E-state index in [1.807, 2.05) is 83.1 Å². The third kappa shape index (κ3) is 11.8. The first-order chi connectivity index (χ1) is 17.5. The van der Waals surface area contributed by atoms with Gasteiger partial charge in [0.1, 0.15) is 0 Å². The van der Waals surface area contributed by atoms with E-state index < -0.39 is 34.0 Å². The van der Waals surface area contributed by atoms with E-state index in [0.717, 1.165) is 25.7 Å². The van der Waals surface area contributed by atoms with Gasteiger partial charge in [0, 0.05) is 25.7 Å². The van der Waals surface area contributed by atoms with Crippen LogP contribution in [-0.4, -0.2) is 34.0 Å². The van der Waals surface area contributed by atoms with Crippen molar-refractivity contribution < 1.29 is 39.1 Å². The maximum atomic E-state index is 5.96. The number of hydrogen-bond acceptors (Lipinski definition) is 8. The average Bonchev–Trinajstić information content (AvgIpc) is 2.78. The molecule has 0 aromatic rings. The lowest BCUT2D eigenvalue weighted by atomic mass is 9.60. The normalized spacial score (nSPS) is 22.3. The fraction of sp³-hybridized carbons (Fsp3) is 1.00. The quantitative estimate of drug-likeness (QED) is 0.149. The highest BCUT2D eigenvalue weighted by Gasteiger charge is 2.50. The van der Waals surface area contributed by atoms with Crippen molar-refractivity contribution in [3.8, 4) is 0 Å². The first kappa shape index (κ1) is 34.9. The van der Waals surface area contributed by atoms with Crippen LogP contribution in [0.1, 0.15) is 148 Å². The van der Waals surface area contributed by atoms with Crippen molar-refractivity contribution in [2.24, 2.45) is 17.3 Å². The van der Waals surface area contributed by atoms with Crippen molar-refractivity contribution >= 4 is 0 Å². The third-order valence-corrected chi connectivity index (χ3v) is 7.37. The molecule has 2 rings (SSSR count). The Morgan fingerprint density at radius 1 is 0.385 bits per heavy atom. The monoisotopic (exact) mass is 560 g/mol. The summed E-state index contributed by atoms with van der Waals surface area (Å²) in [5.41, 5.74) is -1.66. The molecule has 0 saturated heterocycles. The standard InChI is InChI=1S/C31H60O8/c1-25(2,3)32-36-30(37-33-26(4,5)6)19-15-23(16-20-30)29(13,14)24-17-21-31(22-18-24,38-34-27(7,8)9)39-35-28(10,11)12/h23-24H,15-22H2,1-14H3. The predicted molar refractivity (Wildman–Crippen MR) is 151 cm³/mol. The molecule has 232 valence electrons. The fourth-order valence-corrected chi connectivity index (χ4v) is 5.10. The Labute approximate surface area is 238 Å². The van der Waals surface area contributed by atoms with Crippen LogP contribution in [-0.2, 0) is 39.1 Å². The lowest BCUT2D eigenvalue weighted by Gasteiger charge is -2.49. The molecule has 2 saturated carbocycles. The largest absolute Gasteiger partial charge is 0.234 e.